The minimum absolute atomic E-state index is 0. The SMILES string of the molecule is Cl.O=C(NCCCCN1CCCC1)c1cc(-c2ccco2)on1. The maximum absolute atomic E-state index is 12.0. The van der Waals surface area contributed by atoms with Crippen LogP contribution in [0.2, 0.25) is 0 Å². The van der Waals surface area contributed by atoms with Crippen molar-refractivity contribution in [3.63, 3.8) is 0 Å². The van der Waals surface area contributed by atoms with E-state index < -0.39 is 0 Å². The van der Waals surface area contributed by atoms with Crippen molar-refractivity contribution in [2.24, 2.45) is 0 Å². The molecule has 1 amide bonds. The van der Waals surface area contributed by atoms with E-state index in [2.05, 4.69) is 15.4 Å². The van der Waals surface area contributed by atoms with Gasteiger partial charge in [0.25, 0.3) is 5.91 Å². The molecule has 6 nitrogen and oxygen atoms in total. The molecule has 23 heavy (non-hydrogen) atoms. The third-order valence-electron chi connectivity index (χ3n) is 3.89. The predicted molar refractivity (Wildman–Crippen MR) is 88.7 cm³/mol. The summed E-state index contributed by atoms with van der Waals surface area (Å²) in [5.74, 6) is 0.823. The molecule has 3 heterocycles. The molecule has 0 spiro atoms. The van der Waals surface area contributed by atoms with Gasteiger partial charge < -0.3 is 19.2 Å². The van der Waals surface area contributed by atoms with Gasteiger partial charge >= 0.3 is 0 Å². The van der Waals surface area contributed by atoms with Crippen LogP contribution in [0.5, 0.6) is 0 Å². The Morgan fingerprint density at radius 2 is 2.09 bits per heavy atom. The normalized spacial score (nSPS) is 14.6. The van der Waals surface area contributed by atoms with Gasteiger partial charge in [0.05, 0.1) is 6.26 Å². The van der Waals surface area contributed by atoms with E-state index in [0.717, 1.165) is 19.4 Å². The summed E-state index contributed by atoms with van der Waals surface area (Å²) >= 11 is 0. The van der Waals surface area contributed by atoms with Crippen LogP contribution in [-0.2, 0) is 0 Å². The second-order valence-corrected chi connectivity index (χ2v) is 5.57. The molecule has 0 bridgehead atoms. The Labute approximate surface area is 141 Å². The summed E-state index contributed by atoms with van der Waals surface area (Å²) in [6.45, 7) is 4.24. The zero-order valence-corrected chi connectivity index (χ0v) is 13.8. The van der Waals surface area contributed by atoms with Crippen molar-refractivity contribution in [1.29, 1.82) is 0 Å². The van der Waals surface area contributed by atoms with E-state index >= 15 is 0 Å². The number of furan rings is 1. The van der Waals surface area contributed by atoms with Gasteiger partial charge in [-0.3, -0.25) is 4.79 Å². The highest BCUT2D eigenvalue weighted by Gasteiger charge is 2.15. The Morgan fingerprint density at radius 3 is 2.83 bits per heavy atom. The van der Waals surface area contributed by atoms with E-state index in [1.54, 1.807) is 24.5 Å². The molecule has 0 radical (unpaired) electrons. The first-order valence-electron chi connectivity index (χ1n) is 7.84. The zero-order chi connectivity index (χ0) is 15.2. The summed E-state index contributed by atoms with van der Waals surface area (Å²) in [6, 6.07) is 5.12. The average molecular weight is 340 g/mol. The van der Waals surface area contributed by atoms with Gasteiger partial charge in [-0.15, -0.1) is 12.4 Å². The van der Waals surface area contributed by atoms with E-state index in [9.17, 15) is 4.79 Å². The Hall–Kier alpha value is -1.79. The first-order valence-corrected chi connectivity index (χ1v) is 7.84. The summed E-state index contributed by atoms with van der Waals surface area (Å²) in [7, 11) is 0. The highest BCUT2D eigenvalue weighted by Crippen LogP contribution is 2.20. The zero-order valence-electron chi connectivity index (χ0n) is 13.0. The van der Waals surface area contributed by atoms with Crippen molar-refractivity contribution in [1.82, 2.24) is 15.4 Å². The van der Waals surface area contributed by atoms with Gasteiger partial charge in [0.1, 0.15) is 0 Å². The molecule has 126 valence electrons. The van der Waals surface area contributed by atoms with Gasteiger partial charge in [0, 0.05) is 12.6 Å². The number of hydrogen-bond donors (Lipinski definition) is 1. The molecule has 1 aliphatic heterocycles. The molecule has 1 saturated heterocycles. The van der Waals surface area contributed by atoms with Crippen LogP contribution in [0, 0.1) is 0 Å². The maximum Gasteiger partial charge on any atom is 0.273 e. The minimum atomic E-state index is -0.206. The number of carbonyl (C=O) groups excluding carboxylic acids is 1. The van der Waals surface area contributed by atoms with Crippen LogP contribution in [0.4, 0.5) is 0 Å². The molecule has 1 fully saturated rings. The summed E-state index contributed by atoms with van der Waals surface area (Å²) in [5.41, 5.74) is 0.283. The van der Waals surface area contributed by atoms with E-state index in [1.165, 1.54) is 25.9 Å². The molecule has 0 unspecified atom stereocenters. The summed E-state index contributed by atoms with van der Waals surface area (Å²) in [5, 5.41) is 6.65. The van der Waals surface area contributed by atoms with Crippen molar-refractivity contribution >= 4 is 18.3 Å². The first kappa shape index (κ1) is 17.6. The minimum Gasteiger partial charge on any atom is -0.461 e. The lowest BCUT2D eigenvalue weighted by atomic mass is 10.2. The third kappa shape index (κ3) is 4.84. The number of nitrogens with zero attached hydrogens (tertiary/aromatic N) is 2. The van der Waals surface area contributed by atoms with Crippen molar-refractivity contribution in [3.8, 4) is 11.5 Å². The molecule has 7 heteroatoms. The second kappa shape index (κ2) is 8.74. The fourth-order valence-corrected chi connectivity index (χ4v) is 2.68. The number of aromatic nitrogens is 1. The highest BCUT2D eigenvalue weighted by atomic mass is 35.5. The van der Waals surface area contributed by atoms with Crippen LogP contribution in [0.15, 0.2) is 33.4 Å². The lowest BCUT2D eigenvalue weighted by molar-refractivity contribution is 0.0943. The quantitative estimate of drug-likeness (QED) is 0.785. The molecule has 2 aromatic rings. The van der Waals surface area contributed by atoms with Crippen molar-refractivity contribution in [2.45, 2.75) is 25.7 Å². The number of rotatable bonds is 7. The number of nitrogens with one attached hydrogen (secondary N) is 1. The number of unbranched alkanes of at least 4 members (excludes halogenated alkanes) is 1. The summed E-state index contributed by atoms with van der Waals surface area (Å²) in [6.07, 6.45) is 6.28. The van der Waals surface area contributed by atoms with Gasteiger partial charge in [-0.1, -0.05) is 5.16 Å². The molecular weight excluding hydrogens is 318 g/mol. The first-order chi connectivity index (χ1) is 10.8. The monoisotopic (exact) mass is 339 g/mol. The number of hydrogen-bond acceptors (Lipinski definition) is 5. The fraction of sp³-hybridized carbons (Fsp3) is 0.500. The van der Waals surface area contributed by atoms with Crippen LogP contribution in [-0.4, -0.2) is 42.1 Å². The molecule has 3 rings (SSSR count). The highest BCUT2D eigenvalue weighted by molar-refractivity contribution is 5.92. The third-order valence-corrected chi connectivity index (χ3v) is 3.89. The summed E-state index contributed by atoms with van der Waals surface area (Å²) in [4.78, 5) is 14.5. The Kier molecular flexibility index (Phi) is 6.67. The van der Waals surface area contributed by atoms with Crippen LogP contribution < -0.4 is 5.32 Å². The van der Waals surface area contributed by atoms with Gasteiger partial charge in [0.15, 0.2) is 11.5 Å². The molecule has 2 aromatic heterocycles. The van der Waals surface area contributed by atoms with Crippen molar-refractivity contribution < 1.29 is 13.7 Å². The van der Waals surface area contributed by atoms with Crippen LogP contribution >= 0.6 is 12.4 Å². The molecule has 0 aromatic carbocycles. The lowest BCUT2D eigenvalue weighted by Crippen LogP contribution is -2.26. The molecule has 0 aliphatic carbocycles. The van der Waals surface area contributed by atoms with Crippen LogP contribution in [0.1, 0.15) is 36.2 Å². The van der Waals surface area contributed by atoms with E-state index in [1.807, 2.05) is 0 Å². The topological polar surface area (TPSA) is 71.5 Å². The molecule has 1 aliphatic rings. The molecule has 0 saturated carbocycles. The Morgan fingerprint density at radius 1 is 1.26 bits per heavy atom. The largest absolute Gasteiger partial charge is 0.461 e. The van der Waals surface area contributed by atoms with Crippen LogP contribution in [0.3, 0.4) is 0 Å². The van der Waals surface area contributed by atoms with E-state index in [4.69, 9.17) is 8.94 Å². The van der Waals surface area contributed by atoms with Gasteiger partial charge in [-0.2, -0.15) is 0 Å². The molecule has 0 atom stereocenters. The van der Waals surface area contributed by atoms with Crippen LogP contribution in [0.25, 0.3) is 11.5 Å². The number of amides is 1. The Bertz CT molecular complexity index is 591. The van der Waals surface area contributed by atoms with Gasteiger partial charge in [-0.25, -0.2) is 0 Å². The lowest BCUT2D eigenvalue weighted by Gasteiger charge is -2.13. The smallest absolute Gasteiger partial charge is 0.273 e. The molecular formula is C16H22ClN3O3. The Balaban J connectivity index is 0.00000192. The van der Waals surface area contributed by atoms with E-state index in [-0.39, 0.29) is 24.0 Å². The van der Waals surface area contributed by atoms with Gasteiger partial charge in [-0.05, 0) is 57.5 Å². The number of carbonyl (C=O) groups is 1. The molecule has 1 N–H and O–H groups in total. The average Bonchev–Trinajstić information content (AvgIpc) is 3.26. The number of halogens is 1. The second-order valence-electron chi connectivity index (χ2n) is 5.57. The van der Waals surface area contributed by atoms with Crippen molar-refractivity contribution in [3.05, 3.63) is 30.2 Å². The maximum atomic E-state index is 12.0. The fourth-order valence-electron chi connectivity index (χ4n) is 2.68. The van der Waals surface area contributed by atoms with Crippen molar-refractivity contribution in [2.75, 3.05) is 26.2 Å². The van der Waals surface area contributed by atoms with E-state index in [0.29, 0.717) is 18.1 Å². The predicted octanol–water partition coefficient (Wildman–Crippen LogP) is 2.96. The van der Waals surface area contributed by atoms with Gasteiger partial charge in [0.2, 0.25) is 5.76 Å². The number of likely N-dealkylation sites (tertiary alicyclic amines) is 1. The summed E-state index contributed by atoms with van der Waals surface area (Å²) < 4.78 is 10.3. The standard InChI is InChI=1S/C16H21N3O3.ClH/c20-16(17-7-1-2-8-19-9-3-4-10-19)13-12-15(22-18-13)14-6-5-11-21-14;/h5-6,11-12H,1-4,7-10H2,(H,17,20);1H.